The highest BCUT2D eigenvalue weighted by atomic mass is 19.1. The maximum absolute atomic E-state index is 13.7. The SMILES string of the molecule is CC(C)(C)OC(=O)N1CCOCC1CC(=O)c1ccccc1F. The monoisotopic (exact) mass is 323 g/mol. The van der Waals surface area contributed by atoms with E-state index in [1.54, 1.807) is 26.8 Å². The van der Waals surface area contributed by atoms with Crippen molar-refractivity contribution < 1.29 is 23.5 Å². The molecule has 5 nitrogen and oxygen atoms in total. The summed E-state index contributed by atoms with van der Waals surface area (Å²) in [6, 6.07) is 5.38. The fourth-order valence-electron chi connectivity index (χ4n) is 2.40. The van der Waals surface area contributed by atoms with E-state index in [1.807, 2.05) is 0 Å². The van der Waals surface area contributed by atoms with E-state index < -0.39 is 23.6 Å². The van der Waals surface area contributed by atoms with Gasteiger partial charge in [-0.2, -0.15) is 0 Å². The molecule has 2 rings (SSSR count). The fraction of sp³-hybridized carbons (Fsp3) is 0.529. The van der Waals surface area contributed by atoms with Gasteiger partial charge in [-0.25, -0.2) is 9.18 Å². The van der Waals surface area contributed by atoms with Crippen molar-refractivity contribution in [3.63, 3.8) is 0 Å². The van der Waals surface area contributed by atoms with Crippen molar-refractivity contribution in [2.24, 2.45) is 0 Å². The molecule has 1 aliphatic heterocycles. The number of carbonyl (C=O) groups is 2. The fourth-order valence-corrected chi connectivity index (χ4v) is 2.40. The van der Waals surface area contributed by atoms with Gasteiger partial charge < -0.3 is 14.4 Å². The predicted octanol–water partition coefficient (Wildman–Crippen LogP) is 3.03. The van der Waals surface area contributed by atoms with Crippen LogP contribution in [0.4, 0.5) is 9.18 Å². The molecule has 0 aromatic heterocycles. The number of ether oxygens (including phenoxy) is 2. The smallest absolute Gasteiger partial charge is 0.410 e. The van der Waals surface area contributed by atoms with E-state index in [1.165, 1.54) is 23.1 Å². The highest BCUT2D eigenvalue weighted by molar-refractivity contribution is 5.96. The molecule has 0 spiro atoms. The minimum Gasteiger partial charge on any atom is -0.444 e. The predicted molar refractivity (Wildman–Crippen MR) is 82.9 cm³/mol. The number of morpholine rings is 1. The van der Waals surface area contributed by atoms with E-state index in [2.05, 4.69) is 0 Å². The lowest BCUT2D eigenvalue weighted by molar-refractivity contribution is -0.0322. The molecule has 1 aromatic rings. The van der Waals surface area contributed by atoms with Crippen LogP contribution in [-0.4, -0.2) is 48.2 Å². The Morgan fingerprint density at radius 3 is 2.70 bits per heavy atom. The number of halogens is 1. The summed E-state index contributed by atoms with van der Waals surface area (Å²) in [5, 5.41) is 0. The van der Waals surface area contributed by atoms with E-state index in [-0.39, 0.29) is 24.4 Å². The lowest BCUT2D eigenvalue weighted by Gasteiger charge is -2.36. The van der Waals surface area contributed by atoms with Crippen LogP contribution >= 0.6 is 0 Å². The van der Waals surface area contributed by atoms with Crippen molar-refractivity contribution >= 4 is 11.9 Å². The topological polar surface area (TPSA) is 55.8 Å². The number of hydrogen-bond donors (Lipinski definition) is 0. The summed E-state index contributed by atoms with van der Waals surface area (Å²) in [5.74, 6) is -0.912. The molecular weight excluding hydrogens is 301 g/mol. The second kappa shape index (κ2) is 7.08. The van der Waals surface area contributed by atoms with E-state index >= 15 is 0 Å². The van der Waals surface area contributed by atoms with E-state index in [0.717, 1.165) is 0 Å². The number of benzene rings is 1. The Kier molecular flexibility index (Phi) is 5.36. The largest absolute Gasteiger partial charge is 0.444 e. The van der Waals surface area contributed by atoms with Gasteiger partial charge in [-0.3, -0.25) is 4.79 Å². The van der Waals surface area contributed by atoms with Gasteiger partial charge in [-0.1, -0.05) is 12.1 Å². The average Bonchev–Trinajstić information content (AvgIpc) is 2.46. The Morgan fingerprint density at radius 1 is 1.35 bits per heavy atom. The zero-order valence-electron chi connectivity index (χ0n) is 13.7. The summed E-state index contributed by atoms with van der Waals surface area (Å²) < 4.78 is 24.4. The maximum Gasteiger partial charge on any atom is 0.410 e. The first-order chi connectivity index (χ1) is 10.8. The van der Waals surface area contributed by atoms with Gasteiger partial charge in [0.1, 0.15) is 11.4 Å². The maximum atomic E-state index is 13.7. The van der Waals surface area contributed by atoms with Gasteiger partial charge in [0.15, 0.2) is 5.78 Å². The van der Waals surface area contributed by atoms with Gasteiger partial charge in [-0.05, 0) is 32.9 Å². The molecule has 0 bridgehead atoms. The summed E-state index contributed by atoms with van der Waals surface area (Å²) in [6.07, 6.45) is -0.479. The van der Waals surface area contributed by atoms with Gasteiger partial charge in [0.2, 0.25) is 0 Å². The molecule has 0 saturated carbocycles. The number of hydrogen-bond acceptors (Lipinski definition) is 4. The summed E-state index contributed by atoms with van der Waals surface area (Å²) in [4.78, 5) is 26.1. The standard InChI is InChI=1S/C17H22FNO4/c1-17(2,3)23-16(21)19-8-9-22-11-12(19)10-15(20)13-6-4-5-7-14(13)18/h4-7,12H,8-11H2,1-3H3. The lowest BCUT2D eigenvalue weighted by Crippen LogP contribution is -2.51. The van der Waals surface area contributed by atoms with Crippen LogP contribution in [0.5, 0.6) is 0 Å². The molecule has 23 heavy (non-hydrogen) atoms. The van der Waals surface area contributed by atoms with Crippen molar-refractivity contribution in [3.05, 3.63) is 35.6 Å². The molecule has 1 aliphatic rings. The van der Waals surface area contributed by atoms with Crippen molar-refractivity contribution in [2.75, 3.05) is 19.8 Å². The molecule has 1 heterocycles. The third kappa shape index (κ3) is 4.76. The normalized spacial score (nSPS) is 18.6. The molecular formula is C17H22FNO4. The second-order valence-corrected chi connectivity index (χ2v) is 6.51. The molecule has 1 fully saturated rings. The minimum absolute atomic E-state index is 0.000175. The number of carbonyl (C=O) groups excluding carboxylic acids is 2. The van der Waals surface area contributed by atoms with Crippen LogP contribution in [-0.2, 0) is 9.47 Å². The number of rotatable bonds is 3. The summed E-state index contributed by atoms with van der Waals surface area (Å²) in [5.41, 5.74) is -0.586. The van der Waals surface area contributed by atoms with Crippen LogP contribution in [0.25, 0.3) is 0 Å². The quantitative estimate of drug-likeness (QED) is 0.802. The molecule has 1 amide bonds. The summed E-state index contributed by atoms with van der Waals surface area (Å²) in [6.45, 7) is 6.33. The van der Waals surface area contributed by atoms with Crippen LogP contribution in [0.15, 0.2) is 24.3 Å². The molecule has 1 atom stereocenters. The Bertz CT molecular complexity index is 582. The molecule has 1 saturated heterocycles. The lowest BCUT2D eigenvalue weighted by atomic mass is 10.0. The van der Waals surface area contributed by atoms with Gasteiger partial charge in [0.05, 0.1) is 24.8 Å². The first-order valence-corrected chi connectivity index (χ1v) is 7.63. The second-order valence-electron chi connectivity index (χ2n) is 6.51. The van der Waals surface area contributed by atoms with Crippen LogP contribution < -0.4 is 0 Å². The molecule has 126 valence electrons. The zero-order valence-corrected chi connectivity index (χ0v) is 13.7. The van der Waals surface area contributed by atoms with Gasteiger partial charge in [-0.15, -0.1) is 0 Å². The highest BCUT2D eigenvalue weighted by Gasteiger charge is 2.32. The van der Waals surface area contributed by atoms with Crippen molar-refractivity contribution in [1.82, 2.24) is 4.90 Å². The first kappa shape index (κ1) is 17.4. The Labute approximate surface area is 135 Å². The number of amides is 1. The van der Waals surface area contributed by atoms with Crippen LogP contribution in [0.2, 0.25) is 0 Å². The third-order valence-corrected chi connectivity index (χ3v) is 3.45. The van der Waals surface area contributed by atoms with Gasteiger partial charge in [0.25, 0.3) is 0 Å². The zero-order chi connectivity index (χ0) is 17.0. The van der Waals surface area contributed by atoms with E-state index in [0.29, 0.717) is 13.2 Å². The highest BCUT2D eigenvalue weighted by Crippen LogP contribution is 2.19. The molecule has 0 N–H and O–H groups in total. The van der Waals surface area contributed by atoms with Crippen LogP contribution in [0.3, 0.4) is 0 Å². The Hall–Kier alpha value is -1.95. The molecule has 6 heteroatoms. The number of nitrogens with zero attached hydrogens (tertiary/aromatic N) is 1. The Balaban J connectivity index is 2.08. The average molecular weight is 323 g/mol. The van der Waals surface area contributed by atoms with Crippen molar-refractivity contribution in [2.45, 2.75) is 38.8 Å². The Morgan fingerprint density at radius 2 is 2.04 bits per heavy atom. The van der Waals surface area contributed by atoms with Crippen LogP contribution in [0, 0.1) is 5.82 Å². The van der Waals surface area contributed by atoms with Crippen LogP contribution in [0.1, 0.15) is 37.6 Å². The third-order valence-electron chi connectivity index (χ3n) is 3.45. The molecule has 0 aliphatic carbocycles. The number of ketones is 1. The van der Waals surface area contributed by atoms with Gasteiger partial charge >= 0.3 is 6.09 Å². The molecule has 1 unspecified atom stereocenters. The van der Waals surface area contributed by atoms with E-state index in [9.17, 15) is 14.0 Å². The van der Waals surface area contributed by atoms with Crippen molar-refractivity contribution in [1.29, 1.82) is 0 Å². The summed E-state index contributed by atoms with van der Waals surface area (Å²) >= 11 is 0. The van der Waals surface area contributed by atoms with E-state index in [4.69, 9.17) is 9.47 Å². The minimum atomic E-state index is -0.616. The molecule has 1 aromatic carbocycles. The number of Topliss-reactive ketones (excluding diaryl/α,β-unsaturated/α-hetero) is 1. The first-order valence-electron chi connectivity index (χ1n) is 7.63. The molecule has 0 radical (unpaired) electrons. The van der Waals surface area contributed by atoms with Crippen molar-refractivity contribution in [3.8, 4) is 0 Å². The van der Waals surface area contributed by atoms with Gasteiger partial charge in [0, 0.05) is 13.0 Å². The summed E-state index contributed by atoms with van der Waals surface area (Å²) in [7, 11) is 0.